The zero-order chi connectivity index (χ0) is 43.0. The van der Waals surface area contributed by atoms with Gasteiger partial charge in [0.05, 0.1) is 87.5 Å². The summed E-state index contributed by atoms with van der Waals surface area (Å²) in [7, 11) is 0. The lowest BCUT2D eigenvalue weighted by Crippen LogP contribution is -2.14. The lowest BCUT2D eigenvalue weighted by Gasteiger charge is -2.19. The number of thioether (sulfide) groups is 4. The van der Waals surface area contributed by atoms with Crippen LogP contribution >= 0.6 is 72.3 Å². The second-order valence-corrected chi connectivity index (χ2v) is 20.3. The standard InChI is InChI=1S/C28H20N6S2.C20H18N4S4/c1-2-8-18-14-24-23(13-17(18)7-1)29-25(15-35-27-31-19-9-3-4-10-20(19)32-27)26(30-24)16-36-28-33-21-11-5-6-12-22(21)34-28;25-17(19-21-5-7-27-19)15-16(18(26)20-22-6-8-28-20)24-14-10-12-4-2-1-3-11(12)9-13(14)23-15/h1-14H,15-16H2,(H,31,32)(H,33,34);1-4,9-10,17-18,25-26H,5-8H2. The van der Waals surface area contributed by atoms with Gasteiger partial charge in [0, 0.05) is 36.1 Å². The molecule has 2 unspecified atom stereocenters. The lowest BCUT2D eigenvalue weighted by atomic mass is 10.1. The van der Waals surface area contributed by atoms with Crippen molar-refractivity contribution in [2.75, 3.05) is 24.6 Å². The van der Waals surface area contributed by atoms with Crippen LogP contribution < -0.4 is 0 Å². The molecule has 2 atom stereocenters. The van der Waals surface area contributed by atoms with Crippen molar-refractivity contribution in [3.05, 3.63) is 144 Å². The monoisotopic (exact) mass is 946 g/mol. The van der Waals surface area contributed by atoms with Gasteiger partial charge in [-0.15, -0.1) is 23.5 Å². The van der Waals surface area contributed by atoms with Gasteiger partial charge in [0.25, 0.3) is 0 Å². The quantitative estimate of drug-likeness (QED) is 0.0596. The van der Waals surface area contributed by atoms with Crippen LogP contribution in [-0.2, 0) is 11.5 Å². The Kier molecular flexibility index (Phi) is 12.0. The topological polar surface area (TPSA) is 134 Å². The summed E-state index contributed by atoms with van der Waals surface area (Å²) in [5.74, 6) is 3.34. The van der Waals surface area contributed by atoms with Gasteiger partial charge in [0.2, 0.25) is 0 Å². The van der Waals surface area contributed by atoms with Crippen LogP contribution in [-0.4, -0.2) is 74.6 Å². The molecule has 2 aliphatic rings. The van der Waals surface area contributed by atoms with E-state index >= 15 is 0 Å². The highest BCUT2D eigenvalue weighted by molar-refractivity contribution is 8.15. The Hall–Kier alpha value is -5.10. The molecule has 10 aromatic rings. The maximum Gasteiger partial charge on any atom is 0.166 e. The number of aromatic amines is 2. The van der Waals surface area contributed by atoms with E-state index in [0.717, 1.165) is 123 Å². The molecule has 12 rings (SSSR count). The van der Waals surface area contributed by atoms with E-state index in [1.807, 2.05) is 60.7 Å². The number of benzene rings is 6. The van der Waals surface area contributed by atoms with Gasteiger partial charge in [0.1, 0.15) is 0 Å². The number of fused-ring (bicyclic) bond motifs is 6. The molecule has 0 saturated carbocycles. The third kappa shape index (κ3) is 8.71. The first-order chi connectivity index (χ1) is 31.5. The first-order valence-corrected chi connectivity index (χ1v) is 25.7. The summed E-state index contributed by atoms with van der Waals surface area (Å²) in [5, 5.41) is 8.06. The zero-order valence-electron chi connectivity index (χ0n) is 34.0. The Morgan fingerprint density at radius 2 is 0.844 bits per heavy atom. The third-order valence-corrected chi connectivity index (χ3v) is 16.1. The van der Waals surface area contributed by atoms with Crippen molar-refractivity contribution in [3.63, 3.8) is 0 Å². The van der Waals surface area contributed by atoms with Crippen LogP contribution in [0.15, 0.2) is 142 Å². The Bertz CT molecular complexity index is 3150. The Labute approximate surface area is 396 Å². The predicted octanol–water partition coefficient (Wildman–Crippen LogP) is 12.1. The summed E-state index contributed by atoms with van der Waals surface area (Å²) < 4.78 is 0. The highest BCUT2D eigenvalue weighted by Gasteiger charge is 2.29. The van der Waals surface area contributed by atoms with Crippen molar-refractivity contribution in [1.82, 2.24) is 39.9 Å². The molecule has 0 saturated heterocycles. The fourth-order valence-electron chi connectivity index (χ4n) is 7.76. The van der Waals surface area contributed by atoms with Gasteiger partial charge in [-0.25, -0.2) is 29.9 Å². The van der Waals surface area contributed by atoms with E-state index in [1.54, 1.807) is 47.0 Å². The maximum absolute atomic E-state index is 5.08. The highest BCUT2D eigenvalue weighted by Crippen LogP contribution is 2.39. The maximum atomic E-state index is 5.08. The molecular formula is C48H38N10S6. The van der Waals surface area contributed by atoms with E-state index in [0.29, 0.717) is 11.5 Å². The summed E-state index contributed by atoms with van der Waals surface area (Å²) in [6.07, 6.45) is 0. The second-order valence-electron chi connectivity index (χ2n) is 15.1. The van der Waals surface area contributed by atoms with E-state index in [-0.39, 0.29) is 10.5 Å². The minimum Gasteiger partial charge on any atom is -0.333 e. The fourth-order valence-corrected chi connectivity index (χ4v) is 12.1. The van der Waals surface area contributed by atoms with Crippen LogP contribution in [0.3, 0.4) is 0 Å². The number of nitrogens with zero attached hydrogens (tertiary/aromatic N) is 8. The van der Waals surface area contributed by atoms with Crippen LogP contribution in [0, 0.1) is 0 Å². The van der Waals surface area contributed by atoms with Crippen molar-refractivity contribution in [3.8, 4) is 0 Å². The van der Waals surface area contributed by atoms with E-state index in [9.17, 15) is 0 Å². The molecular weight excluding hydrogens is 909 g/mol. The summed E-state index contributed by atoms with van der Waals surface area (Å²) in [4.78, 5) is 45.7. The second kappa shape index (κ2) is 18.4. The van der Waals surface area contributed by atoms with Gasteiger partial charge < -0.3 is 9.97 Å². The summed E-state index contributed by atoms with van der Waals surface area (Å²) in [6, 6.07) is 41.3. The number of imidazole rings is 2. The molecule has 2 N–H and O–H groups in total. The molecule has 0 amide bonds. The molecule has 0 spiro atoms. The molecule has 6 aromatic carbocycles. The molecule has 0 bridgehead atoms. The summed E-state index contributed by atoms with van der Waals surface area (Å²) in [6.45, 7) is 1.68. The first kappa shape index (κ1) is 41.6. The van der Waals surface area contributed by atoms with E-state index in [1.165, 1.54) is 10.8 Å². The molecule has 6 heterocycles. The van der Waals surface area contributed by atoms with E-state index < -0.39 is 0 Å². The number of hydrogen-bond acceptors (Lipinski definition) is 14. The molecule has 0 radical (unpaired) electrons. The van der Waals surface area contributed by atoms with Crippen molar-refractivity contribution in [1.29, 1.82) is 0 Å². The van der Waals surface area contributed by atoms with Crippen LogP contribution in [0.4, 0.5) is 0 Å². The molecule has 0 aliphatic carbocycles. The van der Waals surface area contributed by atoms with Crippen LogP contribution in [0.2, 0.25) is 0 Å². The van der Waals surface area contributed by atoms with Crippen molar-refractivity contribution in [2.45, 2.75) is 32.3 Å². The number of thiol groups is 2. The predicted molar refractivity (Wildman–Crippen MR) is 278 cm³/mol. The zero-order valence-corrected chi connectivity index (χ0v) is 39.1. The fraction of sp³-hybridized carbons (Fsp3) is 0.167. The summed E-state index contributed by atoms with van der Waals surface area (Å²) in [5.41, 5.74) is 11.2. The Morgan fingerprint density at radius 3 is 1.22 bits per heavy atom. The molecule has 0 fully saturated rings. The number of aromatic nitrogens is 8. The van der Waals surface area contributed by atoms with Crippen molar-refractivity contribution in [2.24, 2.45) is 9.98 Å². The van der Waals surface area contributed by atoms with E-state index in [4.69, 9.17) is 55.2 Å². The first-order valence-electron chi connectivity index (χ1n) is 20.7. The highest BCUT2D eigenvalue weighted by atomic mass is 32.2. The average Bonchev–Trinajstić information content (AvgIpc) is 4.19. The SMILES string of the molecule is SC(C1=NCCS1)c1nc2cc3ccccc3cc2nc1C(S)C1=NCCS1.c1ccc2cc3nc(CSc4nc5ccccc5[nH]4)c(CSc4nc5ccccc5[nH]4)nc3cc2c1. The lowest BCUT2D eigenvalue weighted by molar-refractivity contribution is 1.02. The number of aliphatic imine (C=N–C) groups is 2. The minimum atomic E-state index is -0.187. The van der Waals surface area contributed by atoms with E-state index in [2.05, 4.69) is 80.6 Å². The molecule has 4 aromatic heterocycles. The van der Waals surface area contributed by atoms with Gasteiger partial charge >= 0.3 is 0 Å². The normalized spacial score (nSPS) is 15.0. The number of H-pyrrole nitrogens is 2. The summed E-state index contributed by atoms with van der Waals surface area (Å²) >= 11 is 16.6. The number of rotatable bonds is 10. The van der Waals surface area contributed by atoms with Crippen molar-refractivity contribution < 1.29 is 0 Å². The Balaban J connectivity index is 0.000000147. The molecule has 2 aliphatic heterocycles. The molecule has 316 valence electrons. The Morgan fingerprint density at radius 1 is 0.469 bits per heavy atom. The molecule has 16 heteroatoms. The average molecular weight is 947 g/mol. The molecule has 64 heavy (non-hydrogen) atoms. The van der Waals surface area contributed by atoms with Gasteiger partial charge in [-0.2, -0.15) is 25.3 Å². The van der Waals surface area contributed by atoms with Crippen LogP contribution in [0.5, 0.6) is 0 Å². The number of para-hydroxylation sites is 4. The van der Waals surface area contributed by atoms with Crippen LogP contribution in [0.25, 0.3) is 65.7 Å². The third-order valence-electron chi connectivity index (χ3n) is 10.9. The van der Waals surface area contributed by atoms with Gasteiger partial charge in [-0.1, -0.05) is 96.3 Å². The van der Waals surface area contributed by atoms with Gasteiger partial charge in [-0.05, 0) is 70.1 Å². The van der Waals surface area contributed by atoms with Crippen LogP contribution in [0.1, 0.15) is 33.3 Å². The molecule has 10 nitrogen and oxygen atoms in total. The largest absolute Gasteiger partial charge is 0.333 e. The van der Waals surface area contributed by atoms with Gasteiger partial charge in [-0.3, -0.25) is 9.98 Å². The smallest absolute Gasteiger partial charge is 0.166 e. The minimum absolute atomic E-state index is 0.187. The number of hydrogen-bond donors (Lipinski definition) is 4. The number of nitrogens with one attached hydrogen (secondary N) is 2. The van der Waals surface area contributed by atoms with Gasteiger partial charge in [0.15, 0.2) is 10.3 Å². The van der Waals surface area contributed by atoms with Crippen molar-refractivity contribution >= 4 is 148 Å².